The number of phenolic OH excluding ortho intramolecular Hbond substituents is 1. The molecule has 1 amide bonds. The number of aromatic hydroxyl groups is 1. The van der Waals surface area contributed by atoms with Gasteiger partial charge in [0, 0.05) is 12.6 Å². The molecule has 0 unspecified atom stereocenters. The second kappa shape index (κ2) is 6.51. The van der Waals surface area contributed by atoms with Crippen molar-refractivity contribution in [1.29, 1.82) is 0 Å². The number of para-hydroxylation sites is 1. The molecule has 3 N–H and O–H groups in total. The van der Waals surface area contributed by atoms with Crippen LogP contribution >= 0.6 is 0 Å². The Morgan fingerprint density at radius 3 is 2.67 bits per heavy atom. The second-order valence-corrected chi connectivity index (χ2v) is 4.40. The van der Waals surface area contributed by atoms with Gasteiger partial charge in [-0.1, -0.05) is 18.2 Å². The molecule has 0 spiro atoms. The van der Waals surface area contributed by atoms with Gasteiger partial charge in [-0.05, 0) is 24.1 Å². The van der Waals surface area contributed by atoms with E-state index in [4.69, 9.17) is 5.11 Å². The Balaban J connectivity index is 2.00. The number of hydrogen-bond acceptors (Lipinski definition) is 4. The van der Waals surface area contributed by atoms with Crippen LogP contribution in [0.5, 0.6) is 5.75 Å². The van der Waals surface area contributed by atoms with Gasteiger partial charge >= 0.3 is 5.97 Å². The number of aromatic nitrogens is 1. The van der Waals surface area contributed by atoms with Gasteiger partial charge in [0.1, 0.15) is 5.75 Å². The lowest BCUT2D eigenvalue weighted by Gasteiger charge is -2.08. The van der Waals surface area contributed by atoms with Crippen molar-refractivity contribution in [3.63, 3.8) is 0 Å². The normalized spacial score (nSPS) is 10.1. The van der Waals surface area contributed by atoms with E-state index in [1.807, 2.05) is 0 Å². The van der Waals surface area contributed by atoms with Gasteiger partial charge in [0.25, 0.3) is 0 Å². The monoisotopic (exact) mass is 286 g/mol. The molecule has 6 nitrogen and oxygen atoms in total. The van der Waals surface area contributed by atoms with E-state index in [1.165, 1.54) is 18.5 Å². The number of anilines is 1. The van der Waals surface area contributed by atoms with Gasteiger partial charge < -0.3 is 15.5 Å². The lowest BCUT2D eigenvalue weighted by atomic mass is 10.1. The van der Waals surface area contributed by atoms with Gasteiger partial charge in [-0.3, -0.25) is 9.78 Å². The van der Waals surface area contributed by atoms with Crippen LogP contribution in [-0.4, -0.2) is 27.1 Å². The van der Waals surface area contributed by atoms with Crippen LogP contribution in [0.1, 0.15) is 22.3 Å². The quantitative estimate of drug-likeness (QED) is 0.781. The minimum absolute atomic E-state index is 0.0130. The molecule has 0 saturated heterocycles. The van der Waals surface area contributed by atoms with Crippen LogP contribution in [0.3, 0.4) is 0 Å². The lowest BCUT2D eigenvalue weighted by molar-refractivity contribution is -0.116. The maximum Gasteiger partial charge on any atom is 0.337 e. The van der Waals surface area contributed by atoms with E-state index in [2.05, 4.69) is 10.3 Å². The summed E-state index contributed by atoms with van der Waals surface area (Å²) in [6.07, 6.45) is 3.13. The molecule has 108 valence electrons. The predicted molar refractivity (Wildman–Crippen MR) is 76.3 cm³/mol. The summed E-state index contributed by atoms with van der Waals surface area (Å²) < 4.78 is 0. The van der Waals surface area contributed by atoms with Gasteiger partial charge in [0.2, 0.25) is 5.91 Å². The third-order valence-electron chi connectivity index (χ3n) is 2.94. The number of nitrogens with zero attached hydrogens (tertiary/aromatic N) is 1. The van der Waals surface area contributed by atoms with Crippen LogP contribution < -0.4 is 5.32 Å². The van der Waals surface area contributed by atoms with E-state index in [0.717, 1.165) is 0 Å². The number of carboxylic acid groups (broad SMARTS) is 1. The largest absolute Gasteiger partial charge is 0.508 e. The van der Waals surface area contributed by atoms with E-state index in [9.17, 15) is 14.7 Å². The zero-order valence-electron chi connectivity index (χ0n) is 11.1. The molecule has 0 bridgehead atoms. The van der Waals surface area contributed by atoms with Crippen LogP contribution in [0, 0.1) is 0 Å². The zero-order valence-corrected chi connectivity index (χ0v) is 11.1. The molecule has 1 aromatic carbocycles. The van der Waals surface area contributed by atoms with E-state index >= 15 is 0 Å². The van der Waals surface area contributed by atoms with Crippen molar-refractivity contribution in [3.05, 3.63) is 53.9 Å². The Kier molecular flexibility index (Phi) is 4.50. The molecule has 0 aliphatic rings. The first-order chi connectivity index (χ1) is 10.1. The summed E-state index contributed by atoms with van der Waals surface area (Å²) in [7, 11) is 0. The van der Waals surface area contributed by atoms with E-state index in [1.54, 1.807) is 24.3 Å². The van der Waals surface area contributed by atoms with Crippen LogP contribution in [0.25, 0.3) is 0 Å². The van der Waals surface area contributed by atoms with Crippen molar-refractivity contribution >= 4 is 17.6 Å². The summed E-state index contributed by atoms with van der Waals surface area (Å²) in [5, 5.41) is 21.1. The third kappa shape index (κ3) is 3.79. The molecule has 0 atom stereocenters. The molecular weight excluding hydrogens is 272 g/mol. The number of nitrogens with one attached hydrogen (secondary N) is 1. The fourth-order valence-electron chi connectivity index (χ4n) is 1.86. The Bertz CT molecular complexity index is 670. The average molecular weight is 286 g/mol. The Labute approximate surface area is 121 Å². The summed E-state index contributed by atoms with van der Waals surface area (Å²) in [5.41, 5.74) is 0.811. The fraction of sp³-hybridized carbons (Fsp3) is 0.133. The van der Waals surface area contributed by atoms with Crippen LogP contribution in [0.4, 0.5) is 5.69 Å². The van der Waals surface area contributed by atoms with Crippen molar-refractivity contribution in [2.24, 2.45) is 0 Å². The number of carbonyl (C=O) groups is 2. The molecule has 1 heterocycles. The molecule has 2 aromatic rings. The molecule has 6 heteroatoms. The summed E-state index contributed by atoms with van der Waals surface area (Å²) in [5.74, 6) is -1.33. The Morgan fingerprint density at radius 2 is 1.95 bits per heavy atom. The molecule has 0 saturated carbocycles. The highest BCUT2D eigenvalue weighted by Gasteiger charge is 2.12. The van der Waals surface area contributed by atoms with E-state index in [-0.39, 0.29) is 29.3 Å². The van der Waals surface area contributed by atoms with Gasteiger partial charge in [-0.25, -0.2) is 4.79 Å². The number of rotatable bonds is 5. The minimum atomic E-state index is -1.13. The standard InChI is InChI=1S/C15H14N2O4/c18-13-4-2-1-3-10(13)5-6-14(19)17-12-9-16-8-7-11(12)15(20)21/h1-4,7-9,18H,5-6H2,(H,17,19)(H,20,21). The molecule has 0 fully saturated rings. The number of amides is 1. The lowest BCUT2D eigenvalue weighted by Crippen LogP contribution is -2.15. The number of benzene rings is 1. The summed E-state index contributed by atoms with van der Waals surface area (Å²) in [6, 6.07) is 8.08. The first-order valence-corrected chi connectivity index (χ1v) is 6.32. The number of aryl methyl sites for hydroxylation is 1. The zero-order chi connectivity index (χ0) is 15.2. The molecular formula is C15H14N2O4. The van der Waals surface area contributed by atoms with Gasteiger partial charge in [-0.15, -0.1) is 0 Å². The molecule has 2 rings (SSSR count). The second-order valence-electron chi connectivity index (χ2n) is 4.40. The van der Waals surface area contributed by atoms with E-state index < -0.39 is 5.97 Å². The smallest absolute Gasteiger partial charge is 0.337 e. The van der Waals surface area contributed by atoms with Crippen molar-refractivity contribution < 1.29 is 19.8 Å². The molecule has 0 aliphatic heterocycles. The third-order valence-corrected chi connectivity index (χ3v) is 2.94. The number of pyridine rings is 1. The van der Waals surface area contributed by atoms with Gasteiger partial charge in [0.05, 0.1) is 17.4 Å². The highest BCUT2D eigenvalue weighted by molar-refractivity contribution is 6.00. The average Bonchev–Trinajstić information content (AvgIpc) is 2.47. The number of hydrogen-bond donors (Lipinski definition) is 3. The molecule has 0 radical (unpaired) electrons. The number of aromatic carboxylic acids is 1. The summed E-state index contributed by atoms with van der Waals surface area (Å²) in [6.45, 7) is 0. The Hall–Kier alpha value is -2.89. The first kappa shape index (κ1) is 14.5. The van der Waals surface area contributed by atoms with E-state index in [0.29, 0.717) is 12.0 Å². The molecule has 21 heavy (non-hydrogen) atoms. The highest BCUT2D eigenvalue weighted by atomic mass is 16.4. The van der Waals surface area contributed by atoms with Crippen molar-refractivity contribution in [2.75, 3.05) is 5.32 Å². The molecule has 1 aromatic heterocycles. The fourth-order valence-corrected chi connectivity index (χ4v) is 1.86. The maximum absolute atomic E-state index is 11.9. The number of carboxylic acids is 1. The topological polar surface area (TPSA) is 99.5 Å². The summed E-state index contributed by atoms with van der Waals surface area (Å²) in [4.78, 5) is 26.7. The maximum atomic E-state index is 11.9. The first-order valence-electron chi connectivity index (χ1n) is 6.32. The SMILES string of the molecule is O=C(CCc1ccccc1O)Nc1cnccc1C(=O)O. The van der Waals surface area contributed by atoms with Crippen molar-refractivity contribution in [1.82, 2.24) is 4.98 Å². The number of phenols is 1. The highest BCUT2D eigenvalue weighted by Crippen LogP contribution is 2.18. The van der Waals surface area contributed by atoms with Gasteiger partial charge in [0.15, 0.2) is 0 Å². The van der Waals surface area contributed by atoms with Gasteiger partial charge in [-0.2, -0.15) is 0 Å². The van der Waals surface area contributed by atoms with Crippen molar-refractivity contribution in [3.8, 4) is 5.75 Å². The van der Waals surface area contributed by atoms with Crippen LogP contribution in [0.2, 0.25) is 0 Å². The van der Waals surface area contributed by atoms with Crippen molar-refractivity contribution in [2.45, 2.75) is 12.8 Å². The molecule has 0 aliphatic carbocycles. The Morgan fingerprint density at radius 1 is 1.19 bits per heavy atom. The van der Waals surface area contributed by atoms with Crippen LogP contribution in [-0.2, 0) is 11.2 Å². The van der Waals surface area contributed by atoms with Crippen LogP contribution in [0.15, 0.2) is 42.7 Å². The summed E-state index contributed by atoms with van der Waals surface area (Å²) >= 11 is 0. The minimum Gasteiger partial charge on any atom is -0.508 e. The predicted octanol–water partition coefficient (Wildman–Crippen LogP) is 2.06. The number of carbonyl (C=O) groups excluding carboxylic acids is 1.